The van der Waals surface area contributed by atoms with Crippen LogP contribution in [0.2, 0.25) is 0 Å². The summed E-state index contributed by atoms with van der Waals surface area (Å²) in [5.74, 6) is 1.56. The molecule has 0 bridgehead atoms. The maximum Gasteiger partial charge on any atom is 0.138 e. The molecule has 0 saturated carbocycles. The number of aromatic amines is 1. The molecule has 3 heteroatoms. The Kier molecular flexibility index (Phi) is 2.48. The number of aromatic nitrogens is 2. The van der Waals surface area contributed by atoms with E-state index in [2.05, 4.69) is 24.0 Å². The molecule has 1 aliphatic rings. The molecule has 0 saturated heterocycles. The molecule has 1 aliphatic carbocycles. The Labute approximate surface area is 101 Å². The van der Waals surface area contributed by atoms with Crippen molar-refractivity contribution in [3.8, 4) is 11.4 Å². The van der Waals surface area contributed by atoms with Crippen molar-refractivity contribution < 1.29 is 0 Å². The molecule has 0 radical (unpaired) electrons. The van der Waals surface area contributed by atoms with Crippen molar-refractivity contribution in [1.29, 1.82) is 0 Å². The molecule has 1 unspecified atom stereocenters. The van der Waals surface area contributed by atoms with Crippen molar-refractivity contribution >= 4 is 0 Å². The average molecular weight is 227 g/mol. The first-order chi connectivity index (χ1) is 8.29. The number of imidazole rings is 1. The molecule has 3 rings (SSSR count). The third-order valence-corrected chi connectivity index (χ3v) is 3.60. The minimum absolute atomic E-state index is 0.553. The van der Waals surface area contributed by atoms with Gasteiger partial charge in [-0.3, -0.25) is 0 Å². The van der Waals surface area contributed by atoms with Crippen molar-refractivity contribution in [2.45, 2.75) is 32.2 Å². The Balaban J connectivity index is 2.07. The van der Waals surface area contributed by atoms with Crippen LogP contribution < -0.4 is 5.73 Å². The second-order valence-corrected chi connectivity index (χ2v) is 4.75. The van der Waals surface area contributed by atoms with Crippen molar-refractivity contribution in [1.82, 2.24) is 9.97 Å². The van der Waals surface area contributed by atoms with Gasteiger partial charge < -0.3 is 10.7 Å². The average Bonchev–Trinajstić information content (AvgIpc) is 2.92. The highest BCUT2D eigenvalue weighted by atomic mass is 15.0. The molecule has 0 spiro atoms. The van der Waals surface area contributed by atoms with Gasteiger partial charge in [0.1, 0.15) is 5.82 Å². The van der Waals surface area contributed by atoms with Gasteiger partial charge in [-0.15, -0.1) is 0 Å². The van der Waals surface area contributed by atoms with E-state index < -0.39 is 0 Å². The zero-order valence-electron chi connectivity index (χ0n) is 10.0. The minimum Gasteiger partial charge on any atom is -0.342 e. The summed E-state index contributed by atoms with van der Waals surface area (Å²) in [6.07, 6.45) is 2.33. The van der Waals surface area contributed by atoms with Gasteiger partial charge in [0, 0.05) is 23.7 Å². The van der Waals surface area contributed by atoms with Gasteiger partial charge in [0.05, 0.1) is 5.69 Å². The first kappa shape index (κ1) is 10.5. The Morgan fingerprint density at radius 2 is 2.24 bits per heavy atom. The summed E-state index contributed by atoms with van der Waals surface area (Å²) in [7, 11) is 0. The fourth-order valence-corrected chi connectivity index (χ4v) is 2.58. The number of nitrogens with two attached hydrogens (primary N) is 1. The van der Waals surface area contributed by atoms with Gasteiger partial charge in [-0.25, -0.2) is 4.98 Å². The van der Waals surface area contributed by atoms with E-state index in [1.54, 1.807) is 0 Å². The fourth-order valence-electron chi connectivity index (χ4n) is 2.58. The molecule has 1 aromatic heterocycles. The number of nitrogens with zero attached hydrogens (tertiary/aromatic N) is 1. The van der Waals surface area contributed by atoms with Gasteiger partial charge in [-0.2, -0.15) is 0 Å². The number of H-pyrrole nitrogens is 1. The van der Waals surface area contributed by atoms with Crippen molar-refractivity contribution in [2.75, 3.05) is 0 Å². The van der Waals surface area contributed by atoms with Crippen molar-refractivity contribution in [3.05, 3.63) is 41.2 Å². The number of hydrogen-bond acceptors (Lipinski definition) is 2. The molecule has 1 heterocycles. The number of fused-ring (bicyclic) bond motifs is 1. The lowest BCUT2D eigenvalue weighted by molar-refractivity contribution is 0.726. The molecule has 17 heavy (non-hydrogen) atoms. The van der Waals surface area contributed by atoms with Crippen LogP contribution in [0.25, 0.3) is 11.4 Å². The number of hydrogen-bond donors (Lipinski definition) is 2. The van der Waals surface area contributed by atoms with Crippen LogP contribution >= 0.6 is 0 Å². The minimum atomic E-state index is 0.553. The summed E-state index contributed by atoms with van der Waals surface area (Å²) in [6.45, 7) is 2.79. The van der Waals surface area contributed by atoms with Gasteiger partial charge in [-0.05, 0) is 18.4 Å². The van der Waals surface area contributed by atoms with Crippen LogP contribution in [0.5, 0.6) is 0 Å². The fraction of sp³-hybridized carbons (Fsp3) is 0.357. The number of rotatable bonds is 2. The summed E-state index contributed by atoms with van der Waals surface area (Å²) in [4.78, 5) is 8.19. The lowest BCUT2D eigenvalue weighted by atomic mass is 10.1. The Bertz CT molecular complexity index is 542. The number of benzene rings is 1. The summed E-state index contributed by atoms with van der Waals surface area (Å²) in [6, 6.07) is 8.20. The topological polar surface area (TPSA) is 54.7 Å². The molecule has 2 aromatic rings. The maximum atomic E-state index is 5.76. The second kappa shape index (κ2) is 4.00. The molecule has 0 fully saturated rings. The molecule has 3 N–H and O–H groups in total. The monoisotopic (exact) mass is 227 g/mol. The van der Waals surface area contributed by atoms with E-state index in [-0.39, 0.29) is 0 Å². The quantitative estimate of drug-likeness (QED) is 0.828. The number of aryl methyl sites for hydroxylation is 1. The Morgan fingerprint density at radius 1 is 1.41 bits per heavy atom. The van der Waals surface area contributed by atoms with Crippen molar-refractivity contribution in [3.63, 3.8) is 0 Å². The second-order valence-electron chi connectivity index (χ2n) is 4.75. The molecular weight excluding hydrogens is 210 g/mol. The Morgan fingerprint density at radius 3 is 3.00 bits per heavy atom. The molecule has 0 amide bonds. The van der Waals surface area contributed by atoms with E-state index in [0.717, 1.165) is 23.4 Å². The summed E-state index contributed by atoms with van der Waals surface area (Å²) >= 11 is 0. The molecule has 3 nitrogen and oxygen atoms in total. The Hall–Kier alpha value is -1.61. The van der Waals surface area contributed by atoms with Crippen LogP contribution in [0.4, 0.5) is 0 Å². The third-order valence-electron chi connectivity index (χ3n) is 3.60. The smallest absolute Gasteiger partial charge is 0.138 e. The van der Waals surface area contributed by atoms with Crippen molar-refractivity contribution in [2.24, 2.45) is 5.73 Å². The van der Waals surface area contributed by atoms with Crippen LogP contribution in [-0.2, 0) is 13.0 Å². The standard InChI is InChI=1S/C14H17N3/c1-9-6-7-12-13(9)17-14(16-12)11-5-3-2-4-10(11)8-15/h2-5,9H,6-8,15H2,1H3,(H,16,17). The van der Waals surface area contributed by atoms with E-state index in [9.17, 15) is 0 Å². The molecule has 0 aliphatic heterocycles. The van der Waals surface area contributed by atoms with E-state index >= 15 is 0 Å². The first-order valence-corrected chi connectivity index (χ1v) is 6.16. The van der Waals surface area contributed by atoms with E-state index in [4.69, 9.17) is 10.7 Å². The third kappa shape index (κ3) is 1.67. The van der Waals surface area contributed by atoms with Gasteiger partial charge in [0.15, 0.2) is 0 Å². The highest BCUT2D eigenvalue weighted by Crippen LogP contribution is 2.33. The normalized spacial score (nSPS) is 18.4. The predicted molar refractivity (Wildman–Crippen MR) is 68.7 cm³/mol. The van der Waals surface area contributed by atoms with Gasteiger partial charge in [-0.1, -0.05) is 31.2 Å². The van der Waals surface area contributed by atoms with E-state index in [0.29, 0.717) is 12.5 Å². The lowest BCUT2D eigenvalue weighted by Crippen LogP contribution is -1.99. The predicted octanol–water partition coefficient (Wildman–Crippen LogP) is 2.59. The van der Waals surface area contributed by atoms with E-state index in [1.165, 1.54) is 17.8 Å². The molecule has 1 aromatic carbocycles. The van der Waals surface area contributed by atoms with Crippen LogP contribution in [0.1, 0.15) is 36.2 Å². The summed E-state index contributed by atoms with van der Waals surface area (Å²) in [5.41, 5.74) is 10.6. The molecule has 88 valence electrons. The van der Waals surface area contributed by atoms with Crippen LogP contribution in [0, 0.1) is 0 Å². The van der Waals surface area contributed by atoms with Gasteiger partial charge >= 0.3 is 0 Å². The van der Waals surface area contributed by atoms with Crippen LogP contribution in [0.3, 0.4) is 0 Å². The maximum absolute atomic E-state index is 5.76. The largest absolute Gasteiger partial charge is 0.342 e. The molecular formula is C14H17N3. The van der Waals surface area contributed by atoms with Crippen LogP contribution in [-0.4, -0.2) is 9.97 Å². The SMILES string of the molecule is CC1CCc2[nH]c(-c3ccccc3CN)nc21. The zero-order valence-corrected chi connectivity index (χ0v) is 10.0. The van der Waals surface area contributed by atoms with E-state index in [1.807, 2.05) is 12.1 Å². The van der Waals surface area contributed by atoms with Gasteiger partial charge in [0.2, 0.25) is 0 Å². The highest BCUT2D eigenvalue weighted by molar-refractivity contribution is 5.61. The van der Waals surface area contributed by atoms with Gasteiger partial charge in [0.25, 0.3) is 0 Å². The van der Waals surface area contributed by atoms with Crippen LogP contribution in [0.15, 0.2) is 24.3 Å². The highest BCUT2D eigenvalue weighted by Gasteiger charge is 2.23. The zero-order chi connectivity index (χ0) is 11.8. The first-order valence-electron chi connectivity index (χ1n) is 6.16. The summed E-state index contributed by atoms with van der Waals surface area (Å²) < 4.78 is 0. The number of nitrogens with one attached hydrogen (secondary N) is 1. The molecule has 1 atom stereocenters. The lowest BCUT2D eigenvalue weighted by Gasteiger charge is -2.05. The summed E-state index contributed by atoms with van der Waals surface area (Å²) in [5, 5.41) is 0.